The topological polar surface area (TPSA) is 70.2 Å². The molecule has 0 bridgehead atoms. The van der Waals surface area contributed by atoms with Gasteiger partial charge in [0.15, 0.2) is 11.6 Å². The van der Waals surface area contributed by atoms with Gasteiger partial charge in [-0.1, -0.05) is 23.6 Å². The average molecular weight is 454 g/mol. The fraction of sp³-hybridized carbons (Fsp3) is 0.174. The van der Waals surface area contributed by atoms with Crippen LogP contribution in [0, 0.1) is 23.5 Å². The van der Waals surface area contributed by atoms with Gasteiger partial charge in [-0.2, -0.15) is 0 Å². The molecule has 3 aromatic rings. The molecule has 162 valence electrons. The molecule has 2 aromatic carbocycles. The minimum absolute atomic E-state index is 0.0385. The number of halogens is 3. The Labute approximate surface area is 188 Å². The molecule has 6 nitrogen and oxygen atoms in total. The van der Waals surface area contributed by atoms with E-state index in [2.05, 4.69) is 32.4 Å². The molecule has 9 heteroatoms. The molecular formula is C23H18ClF2N5O. The lowest BCUT2D eigenvalue weighted by Crippen LogP contribution is -2.35. The van der Waals surface area contributed by atoms with Crippen molar-refractivity contribution in [3.63, 3.8) is 0 Å². The Bertz CT molecular complexity index is 1250. The second-order valence-electron chi connectivity index (χ2n) is 7.01. The maximum Gasteiger partial charge on any atom is 0.251 e. The summed E-state index contributed by atoms with van der Waals surface area (Å²) in [6.07, 6.45) is 1.53. The monoisotopic (exact) mass is 453 g/mol. The third-order valence-electron chi connectivity index (χ3n) is 4.90. The number of carbonyl (C=O) groups excluding carboxylic acids is 1. The van der Waals surface area contributed by atoms with Gasteiger partial charge >= 0.3 is 0 Å². The highest BCUT2D eigenvalue weighted by molar-refractivity contribution is 6.31. The van der Waals surface area contributed by atoms with Crippen LogP contribution >= 0.6 is 11.6 Å². The minimum atomic E-state index is -0.678. The lowest BCUT2D eigenvalue weighted by molar-refractivity contribution is 0.0963. The van der Waals surface area contributed by atoms with Gasteiger partial charge in [0.25, 0.3) is 5.91 Å². The van der Waals surface area contributed by atoms with Gasteiger partial charge in [0, 0.05) is 43.4 Å². The zero-order valence-electron chi connectivity index (χ0n) is 17.0. The number of nitrogens with zero attached hydrogens (tertiary/aromatic N) is 3. The highest BCUT2D eigenvalue weighted by atomic mass is 35.5. The van der Waals surface area contributed by atoms with Crippen LogP contribution in [0.5, 0.6) is 0 Å². The molecule has 32 heavy (non-hydrogen) atoms. The molecule has 0 spiro atoms. The Kier molecular flexibility index (Phi) is 6.19. The van der Waals surface area contributed by atoms with Crippen LogP contribution in [-0.4, -0.2) is 36.0 Å². The molecule has 0 fully saturated rings. The molecule has 1 amide bonds. The standard InChI is InChI=1S/C23H18ClF2N5O/c1-27-23(32)15-4-2-3-14(11-15)5-6-16-12-29-21-22(30-16)31(10-9-28-21)13-17-18(25)7-8-19(26)20(17)24/h2-4,7-8,11-12H,9-10,13H2,1H3,(H,27,32)(H,28,29). The summed E-state index contributed by atoms with van der Waals surface area (Å²) < 4.78 is 28.1. The van der Waals surface area contributed by atoms with E-state index in [4.69, 9.17) is 11.6 Å². The normalized spacial score (nSPS) is 12.3. The number of fused-ring (bicyclic) bond motifs is 1. The van der Waals surface area contributed by atoms with Gasteiger partial charge < -0.3 is 15.5 Å². The summed E-state index contributed by atoms with van der Waals surface area (Å²) in [5.74, 6) is 5.45. The van der Waals surface area contributed by atoms with Gasteiger partial charge in [-0.3, -0.25) is 4.79 Å². The first-order chi connectivity index (χ1) is 15.5. The van der Waals surface area contributed by atoms with E-state index < -0.39 is 11.6 Å². The Morgan fingerprint density at radius 3 is 2.88 bits per heavy atom. The van der Waals surface area contributed by atoms with Gasteiger partial charge in [0.05, 0.1) is 11.2 Å². The van der Waals surface area contributed by atoms with E-state index in [1.165, 1.54) is 6.20 Å². The molecule has 0 radical (unpaired) electrons. The first-order valence-electron chi connectivity index (χ1n) is 9.78. The Hall–Kier alpha value is -3.70. The van der Waals surface area contributed by atoms with E-state index >= 15 is 0 Å². The van der Waals surface area contributed by atoms with Crippen LogP contribution in [0.1, 0.15) is 27.2 Å². The Morgan fingerprint density at radius 1 is 1.25 bits per heavy atom. The van der Waals surface area contributed by atoms with Crippen LogP contribution in [0.25, 0.3) is 0 Å². The number of amides is 1. The number of nitrogens with one attached hydrogen (secondary N) is 2. The number of carbonyl (C=O) groups is 1. The van der Waals surface area contributed by atoms with E-state index in [1.807, 2.05) is 0 Å². The molecule has 4 rings (SSSR count). The number of aromatic nitrogens is 2. The molecule has 0 unspecified atom stereocenters. The zero-order valence-corrected chi connectivity index (χ0v) is 17.8. The van der Waals surface area contributed by atoms with Crippen molar-refractivity contribution >= 4 is 29.1 Å². The van der Waals surface area contributed by atoms with Crippen molar-refractivity contribution in [1.82, 2.24) is 15.3 Å². The van der Waals surface area contributed by atoms with Crippen molar-refractivity contribution < 1.29 is 13.6 Å². The summed E-state index contributed by atoms with van der Waals surface area (Å²) in [4.78, 5) is 22.5. The van der Waals surface area contributed by atoms with Crippen LogP contribution in [-0.2, 0) is 6.54 Å². The van der Waals surface area contributed by atoms with Gasteiger partial charge in [0.2, 0.25) is 0 Å². The minimum Gasteiger partial charge on any atom is -0.365 e. The van der Waals surface area contributed by atoms with E-state index in [1.54, 1.807) is 36.2 Å². The quantitative estimate of drug-likeness (QED) is 0.468. The average Bonchev–Trinajstić information content (AvgIpc) is 2.82. The number of rotatable bonds is 3. The number of anilines is 2. The fourth-order valence-corrected chi connectivity index (χ4v) is 3.49. The summed E-state index contributed by atoms with van der Waals surface area (Å²) in [6.45, 7) is 1.10. The third kappa shape index (κ3) is 4.48. The molecular weight excluding hydrogens is 436 g/mol. The first kappa shape index (κ1) is 21.5. The first-order valence-corrected chi connectivity index (χ1v) is 10.2. The van der Waals surface area contributed by atoms with Gasteiger partial charge in [-0.25, -0.2) is 18.7 Å². The van der Waals surface area contributed by atoms with E-state index in [-0.39, 0.29) is 23.0 Å². The lowest BCUT2D eigenvalue weighted by atomic mass is 10.1. The zero-order chi connectivity index (χ0) is 22.7. The SMILES string of the molecule is CNC(=O)c1cccc(C#Cc2cnc3c(n2)N(Cc2c(F)ccc(F)c2Cl)CCN3)c1. The molecule has 0 atom stereocenters. The summed E-state index contributed by atoms with van der Waals surface area (Å²) in [6, 6.07) is 8.97. The van der Waals surface area contributed by atoms with Gasteiger partial charge in [-0.05, 0) is 36.3 Å². The van der Waals surface area contributed by atoms with Gasteiger partial charge in [0.1, 0.15) is 17.3 Å². The van der Waals surface area contributed by atoms with Crippen molar-refractivity contribution in [3.8, 4) is 11.8 Å². The number of benzene rings is 2. The predicted molar refractivity (Wildman–Crippen MR) is 119 cm³/mol. The lowest BCUT2D eigenvalue weighted by Gasteiger charge is -2.30. The molecule has 0 saturated carbocycles. The summed E-state index contributed by atoms with van der Waals surface area (Å²) in [5.41, 5.74) is 1.60. The maximum atomic E-state index is 14.3. The highest BCUT2D eigenvalue weighted by Gasteiger charge is 2.23. The smallest absolute Gasteiger partial charge is 0.251 e. The van der Waals surface area contributed by atoms with E-state index in [9.17, 15) is 13.6 Å². The van der Waals surface area contributed by atoms with Crippen LogP contribution in [0.2, 0.25) is 5.02 Å². The molecule has 0 aliphatic carbocycles. The van der Waals surface area contributed by atoms with E-state index in [0.717, 1.165) is 12.1 Å². The Balaban J connectivity index is 1.63. The summed E-state index contributed by atoms with van der Waals surface area (Å²) in [5, 5.41) is 5.46. The molecule has 0 saturated heterocycles. The largest absolute Gasteiger partial charge is 0.365 e. The van der Waals surface area contributed by atoms with Crippen molar-refractivity contribution in [3.05, 3.63) is 81.6 Å². The predicted octanol–water partition coefficient (Wildman–Crippen LogP) is 3.60. The van der Waals surface area contributed by atoms with Crippen molar-refractivity contribution in [2.45, 2.75) is 6.54 Å². The van der Waals surface area contributed by atoms with Crippen molar-refractivity contribution in [2.24, 2.45) is 0 Å². The number of hydrogen-bond acceptors (Lipinski definition) is 5. The van der Waals surface area contributed by atoms with Crippen molar-refractivity contribution in [1.29, 1.82) is 0 Å². The maximum absolute atomic E-state index is 14.3. The van der Waals surface area contributed by atoms with E-state index in [0.29, 0.717) is 41.5 Å². The summed E-state index contributed by atoms with van der Waals surface area (Å²) >= 11 is 5.99. The molecule has 2 N–H and O–H groups in total. The molecule has 2 heterocycles. The fourth-order valence-electron chi connectivity index (χ4n) is 3.28. The molecule has 1 aromatic heterocycles. The molecule has 1 aliphatic rings. The number of hydrogen-bond donors (Lipinski definition) is 2. The Morgan fingerprint density at radius 2 is 2.06 bits per heavy atom. The highest BCUT2D eigenvalue weighted by Crippen LogP contribution is 2.30. The van der Waals surface area contributed by atoms with Crippen LogP contribution < -0.4 is 15.5 Å². The second-order valence-corrected chi connectivity index (χ2v) is 7.39. The second kappa shape index (κ2) is 9.20. The van der Waals surface area contributed by atoms with Crippen LogP contribution in [0.15, 0.2) is 42.6 Å². The van der Waals surface area contributed by atoms with Crippen LogP contribution in [0.3, 0.4) is 0 Å². The third-order valence-corrected chi connectivity index (χ3v) is 5.31. The molecule has 1 aliphatic heterocycles. The van der Waals surface area contributed by atoms with Gasteiger partial charge in [-0.15, -0.1) is 0 Å². The van der Waals surface area contributed by atoms with Crippen molar-refractivity contribution in [2.75, 3.05) is 30.4 Å². The summed E-state index contributed by atoms with van der Waals surface area (Å²) in [7, 11) is 1.56. The van der Waals surface area contributed by atoms with Crippen LogP contribution in [0.4, 0.5) is 20.4 Å².